The number of rotatable bonds is 10. The van der Waals surface area contributed by atoms with Crippen molar-refractivity contribution in [3.8, 4) is 5.06 Å². The minimum Gasteiger partial charge on any atom is -0.399 e. The Balaban J connectivity index is 1.24. The number of likely N-dealkylation sites (tertiary alicyclic amines) is 1. The van der Waals surface area contributed by atoms with Crippen molar-refractivity contribution in [3.05, 3.63) is 77.2 Å². The van der Waals surface area contributed by atoms with E-state index in [2.05, 4.69) is 79.1 Å². The Bertz CT molecular complexity index is 1110. The predicted molar refractivity (Wildman–Crippen MR) is 149 cm³/mol. The molecule has 1 aliphatic heterocycles. The second-order valence-corrected chi connectivity index (χ2v) is 10.9. The number of thiophene rings is 1. The van der Waals surface area contributed by atoms with Gasteiger partial charge in [-0.25, -0.2) is 4.79 Å². The van der Waals surface area contributed by atoms with Gasteiger partial charge in [0.15, 0.2) is 5.06 Å². The van der Waals surface area contributed by atoms with Crippen LogP contribution in [0.3, 0.4) is 0 Å². The zero-order chi connectivity index (χ0) is 25.1. The lowest BCUT2D eigenvalue weighted by Gasteiger charge is -2.26. The first-order chi connectivity index (χ1) is 17.6. The van der Waals surface area contributed by atoms with E-state index in [9.17, 15) is 4.79 Å². The Hall–Kier alpha value is -2.83. The molecule has 0 bridgehead atoms. The van der Waals surface area contributed by atoms with Gasteiger partial charge < -0.3 is 9.64 Å². The van der Waals surface area contributed by atoms with Crippen molar-refractivity contribution >= 4 is 28.8 Å². The molecule has 1 saturated carbocycles. The van der Waals surface area contributed by atoms with Gasteiger partial charge in [0.1, 0.15) is 0 Å². The van der Waals surface area contributed by atoms with Gasteiger partial charge in [0, 0.05) is 50.6 Å². The highest BCUT2D eigenvalue weighted by Crippen LogP contribution is 2.52. The second kappa shape index (κ2) is 11.1. The maximum atomic E-state index is 13.3. The smallest absolute Gasteiger partial charge is 0.399 e. The zero-order valence-corrected chi connectivity index (χ0v) is 22.4. The van der Waals surface area contributed by atoms with Crippen molar-refractivity contribution in [2.45, 2.75) is 33.7 Å². The fourth-order valence-electron chi connectivity index (χ4n) is 5.67. The molecule has 2 aliphatic rings. The summed E-state index contributed by atoms with van der Waals surface area (Å²) in [6.45, 7) is 12.4. The number of amides is 1. The fourth-order valence-corrected chi connectivity index (χ4v) is 6.23. The lowest BCUT2D eigenvalue weighted by molar-refractivity contribution is 0.207. The molecule has 1 amide bonds. The van der Waals surface area contributed by atoms with Crippen LogP contribution in [0.15, 0.2) is 66.0 Å². The average Bonchev–Trinajstić information content (AvgIpc) is 3.25. The first kappa shape index (κ1) is 24.8. The first-order valence-electron chi connectivity index (χ1n) is 13.3. The third kappa shape index (κ3) is 5.45. The Morgan fingerprint density at radius 1 is 0.917 bits per heavy atom. The molecule has 3 aromatic rings. The average molecular weight is 504 g/mol. The fraction of sp³-hybridized carbons (Fsp3) is 0.433. The summed E-state index contributed by atoms with van der Waals surface area (Å²) in [4.78, 5) is 20.0. The predicted octanol–water partition coefficient (Wildman–Crippen LogP) is 6.54. The van der Waals surface area contributed by atoms with Crippen LogP contribution in [0, 0.1) is 17.8 Å². The first-order valence-corrected chi connectivity index (χ1v) is 14.2. The van der Waals surface area contributed by atoms with Crippen LogP contribution in [-0.2, 0) is 13.0 Å². The number of hydrogen-bond donors (Lipinski definition) is 0. The van der Waals surface area contributed by atoms with Crippen molar-refractivity contribution in [3.63, 3.8) is 0 Å². The maximum Gasteiger partial charge on any atom is 0.420 e. The van der Waals surface area contributed by atoms with Gasteiger partial charge in [0.2, 0.25) is 0 Å². The van der Waals surface area contributed by atoms with Crippen LogP contribution in [0.25, 0.3) is 0 Å². The summed E-state index contributed by atoms with van der Waals surface area (Å²) in [5.41, 5.74) is 4.87. The number of nitrogens with zero attached hydrogens (tertiary/aromatic N) is 3. The number of piperidine rings is 1. The number of carbonyl (C=O) groups excluding carboxylic acids is 1. The largest absolute Gasteiger partial charge is 0.420 e. The normalized spacial score (nSPS) is 20.7. The van der Waals surface area contributed by atoms with Crippen molar-refractivity contribution in [1.29, 1.82) is 0 Å². The molecule has 36 heavy (non-hydrogen) atoms. The zero-order valence-electron chi connectivity index (χ0n) is 21.6. The number of carbonyl (C=O) groups is 1. The third-order valence-electron chi connectivity index (χ3n) is 7.87. The summed E-state index contributed by atoms with van der Waals surface area (Å²) < 4.78 is 5.75. The summed E-state index contributed by atoms with van der Waals surface area (Å²) in [5.74, 6) is 1.85. The Labute approximate surface area is 219 Å². The molecule has 0 spiro atoms. The molecule has 2 aromatic carbocycles. The number of ether oxygens (including phenoxy) is 1. The molecule has 1 aromatic heterocycles. The van der Waals surface area contributed by atoms with Crippen LogP contribution in [0.4, 0.5) is 16.2 Å². The van der Waals surface area contributed by atoms with Crippen molar-refractivity contribution < 1.29 is 9.53 Å². The van der Waals surface area contributed by atoms with Gasteiger partial charge in [-0.05, 0) is 90.9 Å². The van der Waals surface area contributed by atoms with E-state index < -0.39 is 0 Å². The number of fused-ring (bicyclic) bond motifs is 1. The highest BCUT2D eigenvalue weighted by Gasteiger charge is 2.56. The quantitative estimate of drug-likeness (QED) is 0.315. The Morgan fingerprint density at radius 2 is 1.56 bits per heavy atom. The lowest BCUT2D eigenvalue weighted by atomic mass is 10.1. The second-order valence-electron chi connectivity index (χ2n) is 9.96. The molecule has 2 fully saturated rings. The van der Waals surface area contributed by atoms with E-state index in [4.69, 9.17) is 4.74 Å². The lowest BCUT2D eigenvalue weighted by Crippen LogP contribution is -2.37. The van der Waals surface area contributed by atoms with Gasteiger partial charge in [-0.15, -0.1) is 11.3 Å². The van der Waals surface area contributed by atoms with E-state index in [1.807, 2.05) is 22.4 Å². The van der Waals surface area contributed by atoms with Crippen LogP contribution in [0.1, 0.15) is 31.9 Å². The van der Waals surface area contributed by atoms with Gasteiger partial charge in [-0.1, -0.05) is 31.2 Å². The molecule has 5 nitrogen and oxygen atoms in total. The highest BCUT2D eigenvalue weighted by molar-refractivity contribution is 7.11. The molecule has 0 radical (unpaired) electrons. The van der Waals surface area contributed by atoms with Gasteiger partial charge >= 0.3 is 6.09 Å². The Morgan fingerprint density at radius 3 is 2.14 bits per heavy atom. The molecule has 5 rings (SSSR count). The molecule has 0 N–H and O–H groups in total. The van der Waals surface area contributed by atoms with Crippen molar-refractivity contribution in [2.75, 3.05) is 42.5 Å². The van der Waals surface area contributed by atoms with Gasteiger partial charge in [-0.3, -0.25) is 9.80 Å². The van der Waals surface area contributed by atoms with Crippen LogP contribution < -0.4 is 14.5 Å². The van der Waals surface area contributed by atoms with Crippen molar-refractivity contribution in [2.24, 2.45) is 17.8 Å². The third-order valence-corrected chi connectivity index (χ3v) is 8.62. The van der Waals surface area contributed by atoms with Crippen molar-refractivity contribution in [1.82, 2.24) is 4.90 Å². The van der Waals surface area contributed by atoms with E-state index in [0.717, 1.165) is 44.8 Å². The standard InChI is InChI=1S/C30H37N3O2S/c1-4-22-9-11-23(12-10-22)18-31-19-26-27(20-31)28(26)21-33(30(34)35-29-8-7-17-36-29)25-15-13-24(14-16-25)32(5-2)6-3/h7-17,26-28H,4-6,18-21H2,1-3H3. The van der Waals surface area contributed by atoms with E-state index in [1.165, 1.54) is 28.2 Å². The molecule has 2 heterocycles. The van der Waals surface area contributed by atoms with E-state index in [-0.39, 0.29) is 6.09 Å². The van der Waals surface area contributed by atoms with E-state index >= 15 is 0 Å². The summed E-state index contributed by atoms with van der Waals surface area (Å²) in [6, 6.07) is 21.2. The van der Waals surface area contributed by atoms with Gasteiger partial charge in [0.25, 0.3) is 0 Å². The van der Waals surface area contributed by atoms with E-state index in [1.54, 1.807) is 0 Å². The molecule has 2 unspecified atom stereocenters. The molecule has 6 heteroatoms. The monoisotopic (exact) mass is 503 g/mol. The van der Waals surface area contributed by atoms with Gasteiger partial charge in [-0.2, -0.15) is 0 Å². The summed E-state index contributed by atoms with van der Waals surface area (Å²) in [6.07, 6.45) is 0.797. The highest BCUT2D eigenvalue weighted by atomic mass is 32.1. The SMILES string of the molecule is CCc1ccc(CN2CC3C(C2)C3CN(C(=O)Oc2cccs2)c2ccc(N(CC)CC)cc2)cc1. The maximum absolute atomic E-state index is 13.3. The van der Waals surface area contributed by atoms with Gasteiger partial charge in [0.05, 0.1) is 0 Å². The Kier molecular flexibility index (Phi) is 7.63. The molecule has 190 valence electrons. The minimum absolute atomic E-state index is 0.286. The van der Waals surface area contributed by atoms with Crippen LogP contribution >= 0.6 is 11.3 Å². The number of anilines is 2. The number of hydrogen-bond acceptors (Lipinski definition) is 5. The molecular weight excluding hydrogens is 466 g/mol. The summed E-state index contributed by atoms with van der Waals surface area (Å²) in [5, 5.41) is 2.57. The molecule has 1 saturated heterocycles. The van der Waals surface area contributed by atoms with Crippen LogP contribution in [0.2, 0.25) is 0 Å². The molecular formula is C30H37N3O2S. The summed E-state index contributed by atoms with van der Waals surface area (Å²) >= 11 is 1.45. The van der Waals surface area contributed by atoms with Crippen LogP contribution in [-0.4, -0.2) is 43.7 Å². The van der Waals surface area contributed by atoms with Crippen LogP contribution in [0.5, 0.6) is 5.06 Å². The summed E-state index contributed by atoms with van der Waals surface area (Å²) in [7, 11) is 0. The topological polar surface area (TPSA) is 36.0 Å². The number of aryl methyl sites for hydroxylation is 1. The number of benzene rings is 2. The minimum atomic E-state index is -0.286. The van der Waals surface area contributed by atoms with E-state index in [0.29, 0.717) is 29.4 Å². The molecule has 1 aliphatic carbocycles. The molecule has 2 atom stereocenters.